The Morgan fingerprint density at radius 1 is 0.478 bits per heavy atom. The summed E-state index contributed by atoms with van der Waals surface area (Å²) in [6.07, 6.45) is 39.5. The van der Waals surface area contributed by atoms with Crippen LogP contribution in [0.3, 0.4) is 0 Å². The van der Waals surface area contributed by atoms with E-state index in [9.17, 15) is 9.59 Å². The van der Waals surface area contributed by atoms with E-state index in [0.717, 1.165) is 64.2 Å². The number of esters is 2. The molecule has 0 aromatic heterocycles. The van der Waals surface area contributed by atoms with Gasteiger partial charge in [-0.05, 0) is 77.0 Å². The van der Waals surface area contributed by atoms with Crippen molar-refractivity contribution in [3.05, 3.63) is 24.3 Å². The van der Waals surface area contributed by atoms with Crippen molar-refractivity contribution >= 4 is 11.9 Å². The number of allylic oxidation sites excluding steroid dienone is 2. The zero-order chi connectivity index (χ0) is 32.9. The Morgan fingerprint density at radius 3 is 1.33 bits per heavy atom. The number of ether oxygens (including phenoxy) is 4. The monoisotopic (exact) mass is 647 g/mol. The highest BCUT2D eigenvalue weighted by Gasteiger charge is 2.37. The van der Waals surface area contributed by atoms with Crippen molar-refractivity contribution in [3.8, 4) is 0 Å². The summed E-state index contributed by atoms with van der Waals surface area (Å²) in [6, 6.07) is 0. The zero-order valence-electron chi connectivity index (χ0n) is 29.9. The van der Waals surface area contributed by atoms with E-state index < -0.39 is 0 Å². The highest BCUT2D eigenvalue weighted by Crippen LogP contribution is 2.31. The Balaban J connectivity index is 1.23. The largest absolute Gasteiger partial charge is 0.466 e. The normalized spacial score (nSPS) is 20.5. The molecule has 0 amide bonds. The first-order valence-electron chi connectivity index (χ1n) is 19.6. The lowest BCUT2D eigenvalue weighted by atomic mass is 10.1. The molecule has 4 atom stereocenters. The van der Waals surface area contributed by atoms with E-state index in [1.54, 1.807) is 0 Å². The molecular weight excluding hydrogens is 576 g/mol. The molecule has 2 fully saturated rings. The third-order valence-electron chi connectivity index (χ3n) is 9.20. The molecule has 6 nitrogen and oxygen atoms in total. The third-order valence-corrected chi connectivity index (χ3v) is 9.20. The van der Waals surface area contributed by atoms with Crippen LogP contribution in [0, 0.1) is 0 Å². The molecule has 0 bridgehead atoms. The fraction of sp³-hybridized carbons (Fsp3) is 0.850. The van der Waals surface area contributed by atoms with Crippen LogP contribution in [0.4, 0.5) is 0 Å². The number of rotatable bonds is 33. The molecule has 266 valence electrons. The lowest BCUT2D eigenvalue weighted by Crippen LogP contribution is -2.08. The van der Waals surface area contributed by atoms with Crippen molar-refractivity contribution in [2.75, 3.05) is 13.2 Å². The number of carbonyl (C=O) groups is 2. The van der Waals surface area contributed by atoms with E-state index >= 15 is 0 Å². The van der Waals surface area contributed by atoms with E-state index in [2.05, 4.69) is 38.2 Å². The van der Waals surface area contributed by atoms with Gasteiger partial charge in [0.1, 0.15) is 0 Å². The van der Waals surface area contributed by atoms with Crippen LogP contribution in [0.15, 0.2) is 24.3 Å². The Bertz CT molecular complexity index is 742. The molecular formula is C40H70O6. The number of hydrogen-bond acceptors (Lipinski definition) is 6. The van der Waals surface area contributed by atoms with Crippen molar-refractivity contribution < 1.29 is 28.5 Å². The van der Waals surface area contributed by atoms with Gasteiger partial charge in [0.15, 0.2) is 0 Å². The summed E-state index contributed by atoms with van der Waals surface area (Å²) in [6.45, 7) is 5.32. The quantitative estimate of drug-likeness (QED) is 0.0305. The maximum atomic E-state index is 11.9. The minimum atomic E-state index is -0.106. The molecule has 0 saturated carbocycles. The van der Waals surface area contributed by atoms with Crippen molar-refractivity contribution in [3.63, 3.8) is 0 Å². The second-order valence-electron chi connectivity index (χ2n) is 13.6. The van der Waals surface area contributed by atoms with Gasteiger partial charge in [-0.25, -0.2) is 0 Å². The summed E-state index contributed by atoms with van der Waals surface area (Å²) in [5.74, 6) is -0.212. The first-order valence-corrected chi connectivity index (χ1v) is 19.6. The second kappa shape index (κ2) is 28.4. The molecule has 0 aromatic rings. The average Bonchev–Trinajstić information content (AvgIpc) is 3.98. The molecule has 2 aliphatic rings. The molecule has 2 aliphatic heterocycles. The van der Waals surface area contributed by atoms with Crippen LogP contribution in [0.5, 0.6) is 0 Å². The maximum absolute atomic E-state index is 11.9. The van der Waals surface area contributed by atoms with Crippen LogP contribution in [0.1, 0.15) is 181 Å². The van der Waals surface area contributed by atoms with E-state index in [4.69, 9.17) is 18.9 Å². The lowest BCUT2D eigenvalue weighted by Gasteiger charge is -2.06. The summed E-state index contributed by atoms with van der Waals surface area (Å²) in [5.41, 5.74) is 0. The molecule has 0 N–H and O–H groups in total. The number of hydrogen-bond donors (Lipinski definition) is 0. The van der Waals surface area contributed by atoms with Gasteiger partial charge in [0.25, 0.3) is 0 Å². The van der Waals surface area contributed by atoms with Crippen LogP contribution in [0.2, 0.25) is 0 Å². The maximum Gasteiger partial charge on any atom is 0.305 e. The van der Waals surface area contributed by atoms with Crippen LogP contribution in [-0.4, -0.2) is 49.6 Å². The number of unbranched alkanes of at least 4 members (excludes halogenated alkanes) is 15. The van der Waals surface area contributed by atoms with Crippen molar-refractivity contribution in [1.29, 1.82) is 0 Å². The van der Waals surface area contributed by atoms with E-state index in [1.165, 1.54) is 89.9 Å². The van der Waals surface area contributed by atoms with Gasteiger partial charge in [-0.2, -0.15) is 0 Å². The minimum absolute atomic E-state index is 0.106. The molecule has 0 spiro atoms. The number of epoxide rings is 2. The molecule has 0 aromatic carbocycles. The van der Waals surface area contributed by atoms with Crippen LogP contribution < -0.4 is 0 Å². The Kier molecular flexibility index (Phi) is 25.0. The fourth-order valence-electron chi connectivity index (χ4n) is 6.01. The highest BCUT2D eigenvalue weighted by molar-refractivity contribution is 5.69. The lowest BCUT2D eigenvalue weighted by molar-refractivity contribution is -0.146. The fourth-order valence-corrected chi connectivity index (χ4v) is 6.01. The Morgan fingerprint density at radius 2 is 0.891 bits per heavy atom. The second-order valence-corrected chi connectivity index (χ2v) is 13.6. The predicted octanol–water partition coefficient (Wildman–Crippen LogP) is 10.9. The standard InChI is InChI=1S/C40H70O6/c1-3-5-19-27-35-37(45-35)29-21-15-11-7-9-13-17-23-31-39(41)43-33-25-26-34-44-40(42)32-24-18-14-10-8-12-16-22-30-38-36(46-38)28-20-6-4-2/h15-16,21-22,35-38H,3-14,17-20,23-34H2,1-2H3/b21-15+,22-16+. The average molecular weight is 647 g/mol. The first kappa shape index (κ1) is 40.5. The van der Waals surface area contributed by atoms with Crippen molar-refractivity contribution in [2.45, 2.75) is 205 Å². The summed E-state index contributed by atoms with van der Waals surface area (Å²) in [5, 5.41) is 0. The molecule has 2 heterocycles. The number of carbonyl (C=O) groups excluding carboxylic acids is 2. The first-order chi connectivity index (χ1) is 22.6. The minimum Gasteiger partial charge on any atom is -0.466 e. The van der Waals surface area contributed by atoms with Crippen LogP contribution in [-0.2, 0) is 28.5 Å². The smallest absolute Gasteiger partial charge is 0.305 e. The SMILES string of the molecule is CCCCCC1OC1C/C=C/CCCCCCCC(=O)OCCCCOC(=O)CCCCCCC/C=C/CC1OC1CCCCC. The van der Waals surface area contributed by atoms with Gasteiger partial charge in [-0.15, -0.1) is 0 Å². The van der Waals surface area contributed by atoms with Crippen LogP contribution in [0.25, 0.3) is 0 Å². The summed E-state index contributed by atoms with van der Waals surface area (Å²) < 4.78 is 22.2. The van der Waals surface area contributed by atoms with E-state index in [0.29, 0.717) is 50.5 Å². The molecule has 0 aliphatic carbocycles. The molecule has 2 rings (SSSR count). The van der Waals surface area contributed by atoms with Gasteiger partial charge in [0.2, 0.25) is 0 Å². The zero-order valence-corrected chi connectivity index (χ0v) is 29.9. The summed E-state index contributed by atoms with van der Waals surface area (Å²) >= 11 is 0. The van der Waals surface area contributed by atoms with Gasteiger partial charge in [0, 0.05) is 12.8 Å². The van der Waals surface area contributed by atoms with Gasteiger partial charge in [-0.1, -0.05) is 115 Å². The molecule has 0 radical (unpaired) electrons. The van der Waals surface area contributed by atoms with E-state index in [-0.39, 0.29) is 11.9 Å². The molecule has 6 heteroatoms. The Labute approximate surface area is 282 Å². The summed E-state index contributed by atoms with van der Waals surface area (Å²) in [4.78, 5) is 23.9. The molecule has 4 unspecified atom stereocenters. The van der Waals surface area contributed by atoms with Crippen LogP contribution >= 0.6 is 0 Å². The topological polar surface area (TPSA) is 77.7 Å². The third kappa shape index (κ3) is 23.6. The molecule has 2 saturated heterocycles. The Hall–Kier alpha value is -1.66. The van der Waals surface area contributed by atoms with Gasteiger partial charge >= 0.3 is 11.9 Å². The highest BCUT2D eigenvalue weighted by atomic mass is 16.6. The predicted molar refractivity (Wildman–Crippen MR) is 189 cm³/mol. The van der Waals surface area contributed by atoms with Gasteiger partial charge in [0.05, 0.1) is 37.6 Å². The van der Waals surface area contributed by atoms with Gasteiger partial charge < -0.3 is 18.9 Å². The van der Waals surface area contributed by atoms with Crippen molar-refractivity contribution in [1.82, 2.24) is 0 Å². The summed E-state index contributed by atoms with van der Waals surface area (Å²) in [7, 11) is 0. The van der Waals surface area contributed by atoms with Gasteiger partial charge in [-0.3, -0.25) is 9.59 Å². The van der Waals surface area contributed by atoms with E-state index in [1.807, 2.05) is 0 Å². The molecule has 46 heavy (non-hydrogen) atoms. The van der Waals surface area contributed by atoms with Crippen molar-refractivity contribution in [2.24, 2.45) is 0 Å².